The van der Waals surface area contributed by atoms with Crippen molar-refractivity contribution in [3.8, 4) is 0 Å². The molecule has 1 amide bonds. The Morgan fingerprint density at radius 2 is 1.88 bits per heavy atom. The molecule has 0 saturated heterocycles. The number of nitrogens with one attached hydrogen (secondary N) is 1. The van der Waals surface area contributed by atoms with Crippen LogP contribution in [0.1, 0.15) is 29.8 Å². The van der Waals surface area contributed by atoms with Crippen molar-refractivity contribution in [3.63, 3.8) is 0 Å². The fraction of sp³-hybridized carbons (Fsp3) is 0.294. The molecule has 0 aliphatic heterocycles. The highest BCUT2D eigenvalue weighted by Gasteiger charge is 2.23. The van der Waals surface area contributed by atoms with Crippen LogP contribution in [0.15, 0.2) is 53.7 Å². The highest BCUT2D eigenvalue weighted by Crippen LogP contribution is 2.18. The zero-order valence-electron chi connectivity index (χ0n) is 13.9. The third kappa shape index (κ3) is 4.18. The molecule has 6 nitrogen and oxygen atoms in total. The minimum atomic E-state index is -3.62. The van der Waals surface area contributed by atoms with E-state index >= 15 is 0 Å². The summed E-state index contributed by atoms with van der Waals surface area (Å²) in [4.78, 5) is 16.3. The van der Waals surface area contributed by atoms with Gasteiger partial charge in [0.1, 0.15) is 0 Å². The van der Waals surface area contributed by atoms with Crippen LogP contribution in [-0.2, 0) is 16.6 Å². The minimum absolute atomic E-state index is 0.107. The van der Waals surface area contributed by atoms with Gasteiger partial charge in [-0.1, -0.05) is 6.07 Å². The third-order valence-corrected chi connectivity index (χ3v) is 5.73. The minimum Gasteiger partial charge on any atom is -0.348 e. The number of carbonyl (C=O) groups excluding carboxylic acids is 1. The maximum absolute atomic E-state index is 12.5. The molecule has 1 aromatic heterocycles. The Morgan fingerprint density at radius 1 is 1.21 bits per heavy atom. The molecule has 2 aromatic rings. The summed E-state index contributed by atoms with van der Waals surface area (Å²) in [6.07, 6.45) is 3.30. The SMILES string of the molecule is CC(C)N(C)S(=O)(=O)c1cccc(C(=O)NCc2ccncc2)c1. The summed E-state index contributed by atoms with van der Waals surface area (Å²) < 4.78 is 26.3. The Balaban J connectivity index is 2.16. The fourth-order valence-electron chi connectivity index (χ4n) is 2.03. The molecule has 2 rings (SSSR count). The summed E-state index contributed by atoms with van der Waals surface area (Å²) in [6, 6.07) is 9.50. The van der Waals surface area contributed by atoms with Crippen molar-refractivity contribution in [3.05, 3.63) is 59.9 Å². The molecule has 7 heteroatoms. The molecule has 0 unspecified atom stereocenters. The summed E-state index contributed by atoms with van der Waals surface area (Å²) in [6.45, 7) is 3.94. The summed E-state index contributed by atoms with van der Waals surface area (Å²) in [7, 11) is -2.09. The number of pyridine rings is 1. The lowest BCUT2D eigenvalue weighted by Gasteiger charge is -2.21. The first-order chi connectivity index (χ1) is 11.3. The monoisotopic (exact) mass is 347 g/mol. The number of nitrogens with zero attached hydrogens (tertiary/aromatic N) is 2. The molecule has 1 heterocycles. The number of aromatic nitrogens is 1. The average molecular weight is 347 g/mol. The second-order valence-electron chi connectivity index (χ2n) is 5.68. The van der Waals surface area contributed by atoms with Crippen molar-refractivity contribution < 1.29 is 13.2 Å². The summed E-state index contributed by atoms with van der Waals surface area (Å²) >= 11 is 0. The van der Waals surface area contributed by atoms with E-state index in [1.807, 2.05) is 0 Å². The van der Waals surface area contributed by atoms with E-state index in [4.69, 9.17) is 0 Å². The Kier molecular flexibility index (Phi) is 5.69. The summed E-state index contributed by atoms with van der Waals surface area (Å²) in [5, 5.41) is 2.77. The van der Waals surface area contributed by atoms with Gasteiger partial charge in [-0.05, 0) is 49.7 Å². The van der Waals surface area contributed by atoms with E-state index in [1.54, 1.807) is 50.5 Å². The molecule has 0 fully saturated rings. The van der Waals surface area contributed by atoms with Crippen LogP contribution in [-0.4, -0.2) is 36.7 Å². The molecule has 128 valence electrons. The van der Waals surface area contributed by atoms with Crippen LogP contribution in [0.2, 0.25) is 0 Å². The van der Waals surface area contributed by atoms with Crippen LogP contribution in [0.25, 0.3) is 0 Å². The maximum atomic E-state index is 12.5. The first kappa shape index (κ1) is 18.1. The van der Waals surface area contributed by atoms with Crippen molar-refractivity contribution in [2.75, 3.05) is 7.05 Å². The van der Waals surface area contributed by atoms with Crippen molar-refractivity contribution in [2.24, 2.45) is 0 Å². The summed E-state index contributed by atoms with van der Waals surface area (Å²) in [5.41, 5.74) is 1.23. The highest BCUT2D eigenvalue weighted by molar-refractivity contribution is 7.89. The van der Waals surface area contributed by atoms with Gasteiger partial charge in [-0.15, -0.1) is 0 Å². The lowest BCUT2D eigenvalue weighted by molar-refractivity contribution is 0.0950. The predicted octanol–water partition coefficient (Wildman–Crippen LogP) is 2.04. The van der Waals surface area contributed by atoms with Gasteiger partial charge in [0.25, 0.3) is 5.91 Å². The van der Waals surface area contributed by atoms with Gasteiger partial charge in [-0.2, -0.15) is 4.31 Å². The van der Waals surface area contributed by atoms with E-state index in [0.29, 0.717) is 12.1 Å². The lowest BCUT2D eigenvalue weighted by Crippen LogP contribution is -2.33. The van der Waals surface area contributed by atoms with Crippen LogP contribution in [0, 0.1) is 0 Å². The van der Waals surface area contributed by atoms with Crippen LogP contribution in [0.3, 0.4) is 0 Å². The van der Waals surface area contributed by atoms with Crippen LogP contribution < -0.4 is 5.32 Å². The van der Waals surface area contributed by atoms with Gasteiger partial charge < -0.3 is 5.32 Å². The number of amides is 1. The summed E-state index contributed by atoms with van der Waals surface area (Å²) in [5.74, 6) is -0.323. The van der Waals surface area contributed by atoms with Crippen LogP contribution >= 0.6 is 0 Å². The number of hydrogen-bond donors (Lipinski definition) is 1. The van der Waals surface area contributed by atoms with E-state index in [1.165, 1.54) is 23.5 Å². The van der Waals surface area contributed by atoms with Gasteiger partial charge in [0.15, 0.2) is 0 Å². The van der Waals surface area contributed by atoms with Crippen molar-refractivity contribution in [2.45, 2.75) is 31.3 Å². The van der Waals surface area contributed by atoms with E-state index in [0.717, 1.165) is 5.56 Å². The van der Waals surface area contributed by atoms with Gasteiger partial charge in [-0.25, -0.2) is 8.42 Å². The zero-order chi connectivity index (χ0) is 17.7. The second kappa shape index (κ2) is 7.55. The molecule has 0 spiro atoms. The molecule has 24 heavy (non-hydrogen) atoms. The standard InChI is InChI=1S/C17H21N3O3S/c1-13(2)20(3)24(22,23)16-6-4-5-15(11-16)17(21)19-12-14-7-9-18-10-8-14/h4-11,13H,12H2,1-3H3,(H,19,21). The molecular formula is C17H21N3O3S. The Bertz CT molecular complexity index is 805. The van der Waals surface area contributed by atoms with E-state index in [-0.39, 0.29) is 16.8 Å². The Morgan fingerprint density at radius 3 is 2.50 bits per heavy atom. The first-order valence-electron chi connectivity index (χ1n) is 7.57. The molecule has 1 aromatic carbocycles. The fourth-order valence-corrected chi connectivity index (χ4v) is 3.44. The van der Waals surface area contributed by atoms with Gasteiger partial charge >= 0.3 is 0 Å². The van der Waals surface area contributed by atoms with Gasteiger partial charge in [0, 0.05) is 37.6 Å². The van der Waals surface area contributed by atoms with Crippen LogP contribution in [0.4, 0.5) is 0 Å². The van der Waals surface area contributed by atoms with Crippen LogP contribution in [0.5, 0.6) is 0 Å². The van der Waals surface area contributed by atoms with Gasteiger partial charge in [0.05, 0.1) is 4.90 Å². The molecule has 0 saturated carbocycles. The number of hydrogen-bond acceptors (Lipinski definition) is 4. The molecule has 0 radical (unpaired) electrons. The topological polar surface area (TPSA) is 79.4 Å². The molecule has 0 aliphatic carbocycles. The maximum Gasteiger partial charge on any atom is 0.251 e. The number of rotatable bonds is 6. The van der Waals surface area contributed by atoms with Crippen molar-refractivity contribution in [1.29, 1.82) is 0 Å². The predicted molar refractivity (Wildman–Crippen MR) is 91.9 cm³/mol. The molecular weight excluding hydrogens is 326 g/mol. The third-order valence-electron chi connectivity index (χ3n) is 3.70. The highest BCUT2D eigenvalue weighted by atomic mass is 32.2. The molecule has 0 atom stereocenters. The second-order valence-corrected chi connectivity index (χ2v) is 7.68. The zero-order valence-corrected chi connectivity index (χ0v) is 14.7. The number of carbonyl (C=O) groups is 1. The Hall–Kier alpha value is -2.25. The molecule has 1 N–H and O–H groups in total. The largest absolute Gasteiger partial charge is 0.348 e. The molecule has 0 bridgehead atoms. The average Bonchev–Trinajstić information content (AvgIpc) is 2.59. The number of sulfonamides is 1. The lowest BCUT2D eigenvalue weighted by atomic mass is 10.2. The van der Waals surface area contributed by atoms with E-state index in [9.17, 15) is 13.2 Å². The van der Waals surface area contributed by atoms with E-state index in [2.05, 4.69) is 10.3 Å². The van der Waals surface area contributed by atoms with Gasteiger partial charge in [0.2, 0.25) is 10.0 Å². The van der Waals surface area contributed by atoms with Crippen molar-refractivity contribution in [1.82, 2.24) is 14.6 Å². The normalized spacial score (nSPS) is 11.7. The quantitative estimate of drug-likeness (QED) is 0.867. The smallest absolute Gasteiger partial charge is 0.251 e. The van der Waals surface area contributed by atoms with E-state index < -0.39 is 10.0 Å². The first-order valence-corrected chi connectivity index (χ1v) is 9.01. The molecule has 0 aliphatic rings. The number of benzene rings is 1. The van der Waals surface area contributed by atoms with Crippen molar-refractivity contribution >= 4 is 15.9 Å². The Labute approximate surface area is 142 Å². The van der Waals surface area contributed by atoms with Gasteiger partial charge in [-0.3, -0.25) is 9.78 Å².